The summed E-state index contributed by atoms with van der Waals surface area (Å²) < 4.78 is 0. The van der Waals surface area contributed by atoms with Crippen LogP contribution in [0.4, 0.5) is 0 Å². The summed E-state index contributed by atoms with van der Waals surface area (Å²) in [5.74, 6) is 0.236. The fraction of sp³-hybridized carbons (Fsp3) is 0.857. The van der Waals surface area contributed by atoms with Gasteiger partial charge in [0.15, 0.2) is 0 Å². The summed E-state index contributed by atoms with van der Waals surface area (Å²) in [6, 6.07) is 0.0787. The van der Waals surface area contributed by atoms with E-state index in [9.17, 15) is 4.79 Å². The van der Waals surface area contributed by atoms with Gasteiger partial charge in [-0.15, -0.1) is 0 Å². The molecule has 2 nitrogen and oxygen atoms in total. The highest BCUT2D eigenvalue weighted by molar-refractivity contribution is 5.81. The molecule has 0 spiro atoms. The van der Waals surface area contributed by atoms with Gasteiger partial charge in [0.2, 0.25) is 0 Å². The van der Waals surface area contributed by atoms with Crippen LogP contribution in [0.1, 0.15) is 28.6 Å². The average Bonchev–Trinajstić information content (AvgIpc) is 1.82. The second-order valence-electron chi connectivity index (χ2n) is 2.13. The monoisotopic (exact) mass is 131 g/mol. The molecule has 56 valence electrons. The third-order valence-electron chi connectivity index (χ3n) is 1.35. The Hall–Kier alpha value is -0.370. The van der Waals surface area contributed by atoms with Gasteiger partial charge in [0.25, 0.3) is 0 Å². The second kappa shape index (κ2) is 4.50. The summed E-state index contributed by atoms with van der Waals surface area (Å²) in [7, 11) is 0. The van der Waals surface area contributed by atoms with Crippen molar-refractivity contribution >= 4 is 5.78 Å². The Morgan fingerprint density at radius 2 is 2.22 bits per heavy atom. The number of likely N-dealkylation sites (N-methyl/N-ethyl adjacent to an activating group) is 1. The van der Waals surface area contributed by atoms with Gasteiger partial charge in [-0.2, -0.15) is 0 Å². The van der Waals surface area contributed by atoms with Crippen molar-refractivity contribution < 1.29 is 6.22 Å². The Balaban J connectivity index is 0. The fourth-order valence-electron chi connectivity index (χ4n) is 0.822. The van der Waals surface area contributed by atoms with Gasteiger partial charge in [0.05, 0.1) is 6.04 Å². The number of nitrogens with one attached hydrogen (secondary N) is 1. The third kappa shape index (κ3) is 3.25. The van der Waals surface area contributed by atoms with E-state index in [1.54, 1.807) is 6.92 Å². The van der Waals surface area contributed by atoms with Crippen LogP contribution in [0.25, 0.3) is 0 Å². The topological polar surface area (TPSA) is 29.1 Å². The normalized spacial score (nSPS) is 13.2. The molecule has 0 unspecified atom stereocenters. The predicted molar refractivity (Wildman–Crippen MR) is 40.6 cm³/mol. The number of rotatable bonds is 4. The Morgan fingerprint density at radius 1 is 1.67 bits per heavy atom. The maximum absolute atomic E-state index is 10.7. The highest BCUT2D eigenvalue weighted by Gasteiger charge is 2.07. The van der Waals surface area contributed by atoms with E-state index in [1.807, 2.05) is 13.8 Å². The molecular formula is C7H17NO. The molecule has 0 radical (unpaired) electrons. The van der Waals surface area contributed by atoms with Gasteiger partial charge in [0.1, 0.15) is 5.78 Å². The van der Waals surface area contributed by atoms with Crippen molar-refractivity contribution in [1.82, 2.24) is 5.32 Å². The van der Waals surface area contributed by atoms with Crippen molar-refractivity contribution in [3.8, 4) is 0 Å². The Kier molecular flexibility index (Phi) is 4.32. The SMILES string of the molecule is CCN[C@H](CC)C(C)=O.[HH]. The van der Waals surface area contributed by atoms with Crippen LogP contribution < -0.4 is 5.32 Å². The van der Waals surface area contributed by atoms with E-state index in [0.29, 0.717) is 0 Å². The van der Waals surface area contributed by atoms with Gasteiger partial charge >= 0.3 is 0 Å². The molecule has 0 fully saturated rings. The van der Waals surface area contributed by atoms with Crippen LogP contribution in [0.15, 0.2) is 0 Å². The standard InChI is InChI=1S/C7H15NO.H2/c1-4-7(6(3)9)8-5-2;/h7-8H,4-5H2,1-3H3;1H/t7-;/m1./s1. The molecule has 0 aromatic heterocycles. The van der Waals surface area contributed by atoms with Crippen LogP contribution in [-0.2, 0) is 4.79 Å². The number of Topliss-reactive ketones (excluding diaryl/α,β-unsaturated/α-hetero) is 1. The zero-order chi connectivity index (χ0) is 7.28. The first-order valence-corrected chi connectivity index (χ1v) is 3.46. The lowest BCUT2D eigenvalue weighted by molar-refractivity contribution is -0.119. The number of carbonyl (C=O) groups excluding carboxylic acids is 1. The summed E-state index contributed by atoms with van der Waals surface area (Å²) in [5.41, 5.74) is 0. The largest absolute Gasteiger partial charge is 0.308 e. The van der Waals surface area contributed by atoms with Crippen molar-refractivity contribution in [2.24, 2.45) is 0 Å². The van der Waals surface area contributed by atoms with Crippen LogP contribution in [0.5, 0.6) is 0 Å². The molecule has 0 aromatic rings. The first-order chi connectivity index (χ1) is 4.22. The number of ketones is 1. The molecule has 0 aliphatic carbocycles. The fourth-order valence-corrected chi connectivity index (χ4v) is 0.822. The lowest BCUT2D eigenvalue weighted by atomic mass is 10.1. The maximum atomic E-state index is 10.7. The second-order valence-corrected chi connectivity index (χ2v) is 2.13. The third-order valence-corrected chi connectivity index (χ3v) is 1.35. The molecule has 1 N–H and O–H groups in total. The van der Waals surface area contributed by atoms with Gasteiger partial charge in [-0.3, -0.25) is 4.79 Å². The zero-order valence-electron chi connectivity index (χ0n) is 6.40. The quantitative estimate of drug-likeness (QED) is 0.621. The summed E-state index contributed by atoms with van der Waals surface area (Å²) >= 11 is 0. The number of carbonyl (C=O) groups is 1. The maximum Gasteiger partial charge on any atom is 0.146 e. The zero-order valence-corrected chi connectivity index (χ0v) is 6.40. The number of hydrogen-bond donors (Lipinski definition) is 1. The molecule has 0 aliphatic rings. The van der Waals surface area contributed by atoms with Gasteiger partial charge < -0.3 is 5.32 Å². The highest BCUT2D eigenvalue weighted by Crippen LogP contribution is 1.90. The minimum absolute atomic E-state index is 0. The van der Waals surface area contributed by atoms with Gasteiger partial charge in [-0.25, -0.2) is 0 Å². The Labute approximate surface area is 58.1 Å². The lowest BCUT2D eigenvalue weighted by Crippen LogP contribution is -2.34. The van der Waals surface area contributed by atoms with E-state index in [-0.39, 0.29) is 13.3 Å². The van der Waals surface area contributed by atoms with Crippen molar-refractivity contribution in [2.75, 3.05) is 6.54 Å². The summed E-state index contributed by atoms with van der Waals surface area (Å²) in [5, 5.41) is 3.08. The summed E-state index contributed by atoms with van der Waals surface area (Å²) in [6.07, 6.45) is 0.892. The molecule has 0 heterocycles. The van der Waals surface area contributed by atoms with E-state index >= 15 is 0 Å². The van der Waals surface area contributed by atoms with Crippen LogP contribution in [0.3, 0.4) is 0 Å². The van der Waals surface area contributed by atoms with Crippen molar-refractivity contribution in [3.05, 3.63) is 0 Å². The lowest BCUT2D eigenvalue weighted by Gasteiger charge is -2.10. The van der Waals surface area contributed by atoms with Gasteiger partial charge in [-0.05, 0) is 19.9 Å². The Bertz CT molecular complexity index is 95.6. The molecule has 9 heavy (non-hydrogen) atoms. The van der Waals surface area contributed by atoms with E-state index < -0.39 is 0 Å². The molecule has 0 rings (SSSR count). The minimum atomic E-state index is 0. The van der Waals surface area contributed by atoms with E-state index in [1.165, 1.54) is 0 Å². The molecule has 0 saturated carbocycles. The molecular weight excluding hydrogens is 114 g/mol. The minimum Gasteiger partial charge on any atom is -0.308 e. The molecule has 1 atom stereocenters. The van der Waals surface area contributed by atoms with Crippen LogP contribution in [0.2, 0.25) is 0 Å². The van der Waals surface area contributed by atoms with Crippen molar-refractivity contribution in [1.29, 1.82) is 0 Å². The highest BCUT2D eigenvalue weighted by atomic mass is 16.1. The predicted octanol–water partition coefficient (Wildman–Crippen LogP) is 1.21. The molecule has 0 aliphatic heterocycles. The molecule has 0 aromatic carbocycles. The van der Waals surface area contributed by atoms with Gasteiger partial charge in [0, 0.05) is 1.43 Å². The number of hydrogen-bond acceptors (Lipinski definition) is 2. The van der Waals surface area contributed by atoms with Gasteiger partial charge in [-0.1, -0.05) is 13.8 Å². The van der Waals surface area contributed by atoms with Crippen molar-refractivity contribution in [2.45, 2.75) is 33.2 Å². The van der Waals surface area contributed by atoms with E-state index in [4.69, 9.17) is 0 Å². The van der Waals surface area contributed by atoms with Crippen LogP contribution >= 0.6 is 0 Å². The Morgan fingerprint density at radius 3 is 2.33 bits per heavy atom. The average molecular weight is 131 g/mol. The van der Waals surface area contributed by atoms with Crippen LogP contribution in [0, 0.1) is 0 Å². The smallest absolute Gasteiger partial charge is 0.146 e. The van der Waals surface area contributed by atoms with E-state index in [2.05, 4.69) is 5.32 Å². The first kappa shape index (κ1) is 8.63. The molecule has 0 amide bonds. The first-order valence-electron chi connectivity index (χ1n) is 3.46. The van der Waals surface area contributed by atoms with Crippen molar-refractivity contribution in [3.63, 3.8) is 0 Å². The summed E-state index contributed by atoms with van der Waals surface area (Å²) in [4.78, 5) is 10.7. The molecule has 2 heteroatoms. The molecule has 0 saturated heterocycles. The summed E-state index contributed by atoms with van der Waals surface area (Å²) in [6.45, 7) is 6.51. The molecule has 0 bridgehead atoms. The van der Waals surface area contributed by atoms with Crippen LogP contribution in [-0.4, -0.2) is 18.4 Å². The van der Waals surface area contributed by atoms with E-state index in [0.717, 1.165) is 13.0 Å².